The first kappa shape index (κ1) is 19.2. The summed E-state index contributed by atoms with van der Waals surface area (Å²) in [5, 5.41) is 9.80. The summed E-state index contributed by atoms with van der Waals surface area (Å²) in [6, 6.07) is 6.89. The predicted molar refractivity (Wildman–Crippen MR) is 105 cm³/mol. The third kappa shape index (κ3) is 4.98. The van der Waals surface area contributed by atoms with Crippen molar-refractivity contribution in [2.75, 3.05) is 11.9 Å². The molecule has 0 saturated heterocycles. The van der Waals surface area contributed by atoms with Gasteiger partial charge in [-0.3, -0.25) is 9.59 Å². The van der Waals surface area contributed by atoms with E-state index in [0.717, 1.165) is 9.48 Å². The highest BCUT2D eigenvalue weighted by molar-refractivity contribution is 9.11. The number of hydrogen-bond acceptors (Lipinski definition) is 7. The van der Waals surface area contributed by atoms with Gasteiger partial charge in [0.25, 0.3) is 5.91 Å². The molecular formula is C17H16BrN5O3S. The first-order valence-electron chi connectivity index (χ1n) is 8.04. The van der Waals surface area contributed by atoms with Crippen molar-refractivity contribution in [1.82, 2.24) is 20.4 Å². The molecule has 2 aromatic heterocycles. The van der Waals surface area contributed by atoms with Gasteiger partial charge in [0, 0.05) is 31.0 Å². The topological polar surface area (TPSA) is 110 Å². The fraction of sp³-hybridized carbons (Fsp3) is 0.235. The number of aromatic nitrogens is 3. The molecule has 1 aromatic carbocycles. The van der Waals surface area contributed by atoms with Gasteiger partial charge in [-0.15, -0.1) is 0 Å². The first-order valence-corrected chi connectivity index (χ1v) is 9.65. The molecule has 0 aliphatic heterocycles. The van der Waals surface area contributed by atoms with Gasteiger partial charge in [-0.25, -0.2) is 4.98 Å². The van der Waals surface area contributed by atoms with E-state index in [4.69, 9.17) is 4.52 Å². The summed E-state index contributed by atoms with van der Waals surface area (Å²) in [5.74, 6) is 0.380. The van der Waals surface area contributed by atoms with Gasteiger partial charge in [0.05, 0.1) is 9.48 Å². The number of carbonyl (C=O) groups excluding carboxylic acids is 2. The molecule has 8 nitrogen and oxygen atoms in total. The summed E-state index contributed by atoms with van der Waals surface area (Å²) in [4.78, 5) is 32.6. The molecular weight excluding hydrogens is 434 g/mol. The van der Waals surface area contributed by atoms with E-state index in [9.17, 15) is 9.59 Å². The number of nitrogens with one attached hydrogen (secondary N) is 2. The van der Waals surface area contributed by atoms with E-state index >= 15 is 0 Å². The molecule has 3 aromatic rings. The van der Waals surface area contributed by atoms with Crippen LogP contribution in [0.25, 0.3) is 11.4 Å². The van der Waals surface area contributed by atoms with Gasteiger partial charge in [0.1, 0.15) is 0 Å². The van der Waals surface area contributed by atoms with Crippen LogP contribution in [-0.2, 0) is 4.79 Å². The molecule has 0 saturated carbocycles. The summed E-state index contributed by atoms with van der Waals surface area (Å²) in [6.45, 7) is 3.76. The van der Waals surface area contributed by atoms with Crippen molar-refractivity contribution in [1.29, 1.82) is 0 Å². The Morgan fingerprint density at radius 2 is 2.07 bits per heavy atom. The number of hydrogen-bond donors (Lipinski definition) is 2. The Kier molecular flexibility index (Phi) is 5.97. The Morgan fingerprint density at radius 1 is 1.26 bits per heavy atom. The molecule has 0 unspecified atom stereocenters. The third-order valence-corrected chi connectivity index (χ3v) is 5.46. The standard InChI is InChI=1S/C17H16BrN5O3S/c1-9-14(18)27-17(20-9)22-13(24)6-7-19-16(25)12-5-3-4-11(8-12)15-21-10(2)26-23-15/h3-5,8H,6-7H2,1-2H3,(H,19,25)(H,20,22,24). The summed E-state index contributed by atoms with van der Waals surface area (Å²) >= 11 is 4.71. The lowest BCUT2D eigenvalue weighted by atomic mass is 10.1. The lowest BCUT2D eigenvalue weighted by Crippen LogP contribution is -2.27. The van der Waals surface area contributed by atoms with Crippen molar-refractivity contribution in [3.63, 3.8) is 0 Å². The lowest BCUT2D eigenvalue weighted by molar-refractivity contribution is -0.116. The maximum atomic E-state index is 12.3. The van der Waals surface area contributed by atoms with Crippen molar-refractivity contribution in [2.24, 2.45) is 0 Å². The van der Waals surface area contributed by atoms with Crippen LogP contribution in [0.2, 0.25) is 0 Å². The first-order chi connectivity index (χ1) is 12.9. The average molecular weight is 450 g/mol. The van der Waals surface area contributed by atoms with E-state index in [1.807, 2.05) is 6.92 Å². The fourth-order valence-corrected chi connectivity index (χ4v) is 3.48. The normalized spacial score (nSPS) is 10.6. The van der Waals surface area contributed by atoms with E-state index in [1.54, 1.807) is 31.2 Å². The Labute approximate surface area is 167 Å². The lowest BCUT2D eigenvalue weighted by Gasteiger charge is -2.06. The molecule has 2 heterocycles. The van der Waals surface area contributed by atoms with E-state index in [1.165, 1.54) is 11.3 Å². The highest BCUT2D eigenvalue weighted by Gasteiger charge is 2.12. The van der Waals surface area contributed by atoms with E-state index in [0.29, 0.717) is 28.0 Å². The quantitative estimate of drug-likeness (QED) is 0.596. The van der Waals surface area contributed by atoms with E-state index in [-0.39, 0.29) is 24.8 Å². The van der Waals surface area contributed by atoms with Gasteiger partial charge in [-0.05, 0) is 35.0 Å². The number of thiazole rings is 1. The largest absolute Gasteiger partial charge is 0.352 e. The molecule has 0 bridgehead atoms. The fourth-order valence-electron chi connectivity index (χ4n) is 2.22. The number of aryl methyl sites for hydroxylation is 2. The van der Waals surface area contributed by atoms with Crippen molar-refractivity contribution in [2.45, 2.75) is 20.3 Å². The van der Waals surface area contributed by atoms with Crippen molar-refractivity contribution >= 4 is 44.2 Å². The molecule has 27 heavy (non-hydrogen) atoms. The van der Waals surface area contributed by atoms with Gasteiger partial charge in [-0.1, -0.05) is 28.6 Å². The van der Waals surface area contributed by atoms with E-state index < -0.39 is 0 Å². The Balaban J connectivity index is 1.52. The molecule has 2 N–H and O–H groups in total. The van der Waals surface area contributed by atoms with Crippen LogP contribution >= 0.6 is 27.3 Å². The number of anilines is 1. The average Bonchev–Trinajstić information content (AvgIpc) is 3.20. The van der Waals surface area contributed by atoms with Crippen molar-refractivity contribution in [3.05, 3.63) is 45.2 Å². The monoisotopic (exact) mass is 449 g/mol. The van der Waals surface area contributed by atoms with Gasteiger partial charge in [-0.2, -0.15) is 4.98 Å². The van der Waals surface area contributed by atoms with Crippen molar-refractivity contribution in [3.8, 4) is 11.4 Å². The number of benzene rings is 1. The zero-order chi connectivity index (χ0) is 19.4. The summed E-state index contributed by atoms with van der Waals surface area (Å²) < 4.78 is 5.83. The minimum atomic E-state index is -0.280. The van der Waals surface area contributed by atoms with Gasteiger partial charge >= 0.3 is 0 Å². The number of carbonyl (C=O) groups is 2. The van der Waals surface area contributed by atoms with Crippen LogP contribution in [0.15, 0.2) is 32.6 Å². The zero-order valence-electron chi connectivity index (χ0n) is 14.6. The Bertz CT molecular complexity index is 965. The molecule has 3 rings (SSSR count). The third-order valence-electron chi connectivity index (χ3n) is 3.53. The predicted octanol–water partition coefficient (Wildman–Crippen LogP) is 3.33. The van der Waals surface area contributed by atoms with Crippen LogP contribution in [0.5, 0.6) is 0 Å². The molecule has 2 amide bonds. The SMILES string of the molecule is Cc1nc(-c2cccc(C(=O)NCCC(=O)Nc3nc(C)c(Br)s3)c2)no1. The summed E-state index contributed by atoms with van der Waals surface area (Å²) in [7, 11) is 0. The van der Waals surface area contributed by atoms with Gasteiger partial charge in [0.2, 0.25) is 17.6 Å². The molecule has 0 spiro atoms. The van der Waals surface area contributed by atoms with Crippen LogP contribution in [0.1, 0.15) is 28.4 Å². The van der Waals surface area contributed by atoms with Crippen LogP contribution < -0.4 is 10.6 Å². The van der Waals surface area contributed by atoms with Crippen molar-refractivity contribution < 1.29 is 14.1 Å². The maximum Gasteiger partial charge on any atom is 0.251 e. The number of halogens is 1. The van der Waals surface area contributed by atoms with Gasteiger partial charge < -0.3 is 15.2 Å². The summed E-state index contributed by atoms with van der Waals surface area (Å²) in [5.41, 5.74) is 1.96. The van der Waals surface area contributed by atoms with Crippen LogP contribution in [0.4, 0.5) is 5.13 Å². The molecule has 0 aliphatic carbocycles. The highest BCUT2D eigenvalue weighted by Crippen LogP contribution is 2.27. The smallest absolute Gasteiger partial charge is 0.251 e. The second-order valence-electron chi connectivity index (χ2n) is 5.65. The Morgan fingerprint density at radius 3 is 2.74 bits per heavy atom. The zero-order valence-corrected chi connectivity index (χ0v) is 17.0. The minimum absolute atomic E-state index is 0.145. The molecule has 0 fully saturated rings. The van der Waals surface area contributed by atoms with E-state index in [2.05, 4.69) is 41.7 Å². The van der Waals surface area contributed by atoms with Crippen LogP contribution in [0.3, 0.4) is 0 Å². The molecule has 10 heteroatoms. The summed E-state index contributed by atoms with van der Waals surface area (Å²) in [6.07, 6.45) is 0.145. The Hall–Kier alpha value is -2.59. The van der Waals surface area contributed by atoms with Crippen LogP contribution in [-0.4, -0.2) is 33.5 Å². The second-order valence-corrected chi connectivity index (χ2v) is 7.97. The molecule has 0 atom stereocenters. The molecule has 0 radical (unpaired) electrons. The highest BCUT2D eigenvalue weighted by atomic mass is 79.9. The minimum Gasteiger partial charge on any atom is -0.352 e. The van der Waals surface area contributed by atoms with Crippen LogP contribution in [0, 0.1) is 13.8 Å². The second kappa shape index (κ2) is 8.40. The maximum absolute atomic E-state index is 12.3. The molecule has 0 aliphatic rings. The number of nitrogens with zero attached hydrogens (tertiary/aromatic N) is 3. The molecule has 140 valence electrons. The number of amides is 2. The number of rotatable bonds is 6. The van der Waals surface area contributed by atoms with Gasteiger partial charge in [0.15, 0.2) is 5.13 Å².